The van der Waals surface area contributed by atoms with Crippen LogP contribution in [0.4, 0.5) is 0 Å². The molecule has 0 aliphatic carbocycles. The van der Waals surface area contributed by atoms with Crippen LogP contribution >= 0.6 is 0 Å². The maximum atomic E-state index is 12.9. The minimum atomic E-state index is -0.119. The smallest absolute Gasteiger partial charge is 0.267 e. The first kappa shape index (κ1) is 25.4. The summed E-state index contributed by atoms with van der Waals surface area (Å²) in [5.41, 5.74) is 4.68. The molecule has 2 aliphatic rings. The second-order valence-corrected chi connectivity index (χ2v) is 10.3. The highest BCUT2D eigenvalue weighted by molar-refractivity contribution is 6.67. The van der Waals surface area contributed by atoms with Gasteiger partial charge in [0, 0.05) is 28.7 Å². The van der Waals surface area contributed by atoms with E-state index in [0.717, 1.165) is 53.4 Å². The Morgan fingerprint density at radius 3 is 2.62 bits per heavy atom. The first-order valence-corrected chi connectivity index (χ1v) is 13.4. The van der Waals surface area contributed by atoms with Crippen LogP contribution in [-0.2, 0) is 13.2 Å². The van der Waals surface area contributed by atoms with Gasteiger partial charge in [-0.3, -0.25) is 4.79 Å². The first-order valence-electron chi connectivity index (χ1n) is 13.4. The van der Waals surface area contributed by atoms with Crippen molar-refractivity contribution in [3.8, 4) is 46.1 Å². The van der Waals surface area contributed by atoms with Gasteiger partial charge in [-0.05, 0) is 41.8 Å². The van der Waals surface area contributed by atoms with Gasteiger partial charge in [0.15, 0.2) is 11.6 Å². The zero-order chi connectivity index (χ0) is 27.5. The van der Waals surface area contributed by atoms with Crippen LogP contribution in [0.3, 0.4) is 0 Å². The fourth-order valence-electron chi connectivity index (χ4n) is 5.48. The molecule has 2 aliphatic heterocycles. The van der Waals surface area contributed by atoms with E-state index in [-0.39, 0.29) is 18.9 Å². The minimum absolute atomic E-state index is 0.119. The van der Waals surface area contributed by atoms with Gasteiger partial charge in [-0.1, -0.05) is 43.7 Å². The second kappa shape index (κ2) is 11.1. The topological polar surface area (TPSA) is 114 Å². The molecule has 1 fully saturated rings. The van der Waals surface area contributed by atoms with Crippen molar-refractivity contribution in [1.29, 1.82) is 10.5 Å². The third kappa shape index (κ3) is 5.19. The summed E-state index contributed by atoms with van der Waals surface area (Å²) in [4.78, 5) is 22.0. The molecule has 0 spiro atoms. The van der Waals surface area contributed by atoms with Crippen LogP contribution < -0.4 is 15.0 Å². The number of benzene rings is 2. The molecule has 0 unspecified atom stereocenters. The quantitative estimate of drug-likeness (QED) is 0.320. The highest BCUT2D eigenvalue weighted by Crippen LogP contribution is 2.37. The first-order chi connectivity index (χ1) is 19.6. The van der Waals surface area contributed by atoms with Crippen molar-refractivity contribution in [2.45, 2.75) is 38.6 Å². The number of hydrogen-bond donors (Lipinski definition) is 0. The second-order valence-electron chi connectivity index (χ2n) is 10.3. The number of rotatable bonds is 6. The van der Waals surface area contributed by atoms with E-state index in [1.165, 1.54) is 0 Å². The zero-order valence-electron chi connectivity index (χ0n) is 21.9. The van der Waals surface area contributed by atoms with Crippen LogP contribution in [0.2, 0.25) is 12.6 Å². The molecule has 8 nitrogen and oxygen atoms in total. The van der Waals surface area contributed by atoms with E-state index in [2.05, 4.69) is 22.0 Å². The summed E-state index contributed by atoms with van der Waals surface area (Å²) in [7, 11) is 0. The maximum Gasteiger partial charge on any atom is 0.267 e. The predicted molar refractivity (Wildman–Crippen MR) is 151 cm³/mol. The van der Waals surface area contributed by atoms with E-state index in [0.29, 0.717) is 42.0 Å². The Bertz CT molecular complexity index is 1700. The van der Waals surface area contributed by atoms with Crippen molar-refractivity contribution in [3.63, 3.8) is 0 Å². The van der Waals surface area contributed by atoms with Crippen LogP contribution in [0.15, 0.2) is 71.8 Å². The summed E-state index contributed by atoms with van der Waals surface area (Å²) in [5.74, 6) is 4.74. The Morgan fingerprint density at radius 2 is 1.85 bits per heavy atom. The van der Waals surface area contributed by atoms with Crippen LogP contribution in [0, 0.1) is 28.5 Å². The van der Waals surface area contributed by atoms with E-state index < -0.39 is 0 Å². The van der Waals surface area contributed by atoms with Gasteiger partial charge in [0.2, 0.25) is 0 Å². The molecule has 0 atom stereocenters. The molecule has 1 saturated heterocycles. The van der Waals surface area contributed by atoms with Crippen molar-refractivity contribution in [2.75, 3.05) is 6.61 Å². The zero-order valence-corrected chi connectivity index (χ0v) is 21.9. The molecule has 4 heterocycles. The normalized spacial score (nSPS) is 14.3. The summed E-state index contributed by atoms with van der Waals surface area (Å²) in [5, 5.41) is 18.4. The van der Waals surface area contributed by atoms with Crippen LogP contribution in [0.25, 0.3) is 22.5 Å². The monoisotopic (exact) mass is 527 g/mol. The van der Waals surface area contributed by atoms with Crippen molar-refractivity contribution in [1.82, 2.24) is 14.5 Å². The fourth-order valence-corrected chi connectivity index (χ4v) is 5.48. The van der Waals surface area contributed by atoms with Crippen molar-refractivity contribution in [2.24, 2.45) is 5.92 Å². The van der Waals surface area contributed by atoms with Crippen molar-refractivity contribution < 1.29 is 9.47 Å². The molecule has 0 saturated carbocycles. The van der Waals surface area contributed by atoms with Gasteiger partial charge in [-0.25, -0.2) is 15.2 Å². The molecule has 9 heteroatoms. The molecule has 6 rings (SSSR count). The van der Waals surface area contributed by atoms with Crippen molar-refractivity contribution >= 4 is 6.71 Å². The van der Waals surface area contributed by atoms with E-state index >= 15 is 0 Å². The molecule has 2 aromatic carbocycles. The number of ether oxygens (including phenoxy) is 2. The van der Waals surface area contributed by atoms with Gasteiger partial charge in [0.25, 0.3) is 12.3 Å². The number of fused-ring (bicyclic) bond motifs is 3. The summed E-state index contributed by atoms with van der Waals surface area (Å²) < 4.78 is 13.6. The third-order valence-corrected chi connectivity index (χ3v) is 7.73. The average Bonchev–Trinajstić information content (AvgIpc) is 3.01. The predicted octanol–water partition coefficient (Wildman–Crippen LogP) is 5.13. The highest BCUT2D eigenvalue weighted by Gasteiger charge is 2.25. The number of nitriles is 2. The molecular weight excluding hydrogens is 501 g/mol. The Balaban J connectivity index is 1.18. The highest BCUT2D eigenvalue weighted by atomic mass is 16.5. The third-order valence-electron chi connectivity index (χ3n) is 7.73. The molecule has 40 heavy (non-hydrogen) atoms. The van der Waals surface area contributed by atoms with Crippen molar-refractivity contribution in [3.05, 3.63) is 94.2 Å². The number of hydrogen-bond acceptors (Lipinski definition) is 7. The molecule has 0 bridgehead atoms. The van der Waals surface area contributed by atoms with E-state index in [1.807, 2.05) is 30.3 Å². The largest absolute Gasteiger partial charge is 0.490 e. The van der Waals surface area contributed by atoms with Crippen LogP contribution in [0.5, 0.6) is 11.5 Å². The Kier molecular flexibility index (Phi) is 7.03. The van der Waals surface area contributed by atoms with Crippen LogP contribution in [-0.4, -0.2) is 27.9 Å². The summed E-state index contributed by atoms with van der Waals surface area (Å²) in [6, 6.07) is 18.7. The Labute approximate surface area is 232 Å². The number of pyridine rings is 1. The minimum Gasteiger partial charge on any atom is -0.490 e. The molecule has 2 aromatic heterocycles. The number of nitrogens with zero attached hydrogens (tertiary/aromatic N) is 5. The molecule has 196 valence electrons. The molecule has 0 amide bonds. The lowest BCUT2D eigenvalue weighted by Crippen LogP contribution is -2.26. The molecule has 0 radical (unpaired) electrons. The number of aromatic nitrogens is 3. The molecule has 4 aromatic rings. The Morgan fingerprint density at radius 1 is 1.02 bits per heavy atom. The van der Waals surface area contributed by atoms with Gasteiger partial charge in [-0.2, -0.15) is 5.26 Å². The summed E-state index contributed by atoms with van der Waals surface area (Å²) in [6.07, 6.45) is 7.29. The van der Waals surface area contributed by atoms with E-state index in [1.54, 1.807) is 41.2 Å². The fraction of sp³-hybridized carbons (Fsp3) is 0.258. The lowest BCUT2D eigenvalue weighted by molar-refractivity contribution is 0.235. The Hall–Kier alpha value is -4.89. The molecule has 0 N–H and O–H groups in total. The lowest BCUT2D eigenvalue weighted by atomic mass is 9.42. The maximum absolute atomic E-state index is 12.9. The van der Waals surface area contributed by atoms with Crippen LogP contribution in [0.1, 0.15) is 29.7 Å². The van der Waals surface area contributed by atoms with Gasteiger partial charge in [-0.15, -0.1) is 0 Å². The van der Waals surface area contributed by atoms with Gasteiger partial charge < -0.3 is 14.0 Å². The van der Waals surface area contributed by atoms with Gasteiger partial charge in [0.05, 0.1) is 42.9 Å². The molecular formula is C31H26BN5O3. The van der Waals surface area contributed by atoms with Gasteiger partial charge in [0.1, 0.15) is 12.4 Å². The summed E-state index contributed by atoms with van der Waals surface area (Å²) >= 11 is 0. The van der Waals surface area contributed by atoms with E-state index in [4.69, 9.17) is 14.7 Å². The average molecular weight is 527 g/mol. The van der Waals surface area contributed by atoms with E-state index in [9.17, 15) is 10.1 Å². The van der Waals surface area contributed by atoms with Gasteiger partial charge >= 0.3 is 0 Å². The summed E-state index contributed by atoms with van der Waals surface area (Å²) in [6.45, 7) is 1.43. The standard InChI is InChI=1S/C31H26BN5O3/c33-14-22-4-6-29-27(13-22)26-5-7-30(38)37(28(26)19-40-29)17-23-2-1-3-24(12-23)31-35-15-25(16-36-31)39-18-21-8-10-32(20-34)11-9-21/h1-7,12-13,15-16,21H,8-11,17-19H2. The SMILES string of the molecule is N#CB1CCC(COc2cnc(-c3cccc(Cn4c5c(ccc4=O)-c4cc(C#N)ccc4OC5)c3)nc2)CC1. The lowest BCUT2D eigenvalue weighted by Gasteiger charge is -2.24.